The van der Waals surface area contributed by atoms with Crippen molar-refractivity contribution in [3.63, 3.8) is 0 Å². The molecule has 1 aliphatic heterocycles. The highest BCUT2D eigenvalue weighted by atomic mass is 16.2. The van der Waals surface area contributed by atoms with Crippen LogP contribution in [0.4, 0.5) is 16.3 Å². The Labute approximate surface area is 235 Å². The van der Waals surface area contributed by atoms with Crippen LogP contribution >= 0.6 is 0 Å². The van der Waals surface area contributed by atoms with Crippen molar-refractivity contribution in [3.05, 3.63) is 119 Å². The number of urea groups is 1. The van der Waals surface area contributed by atoms with Crippen LogP contribution in [0.3, 0.4) is 0 Å². The van der Waals surface area contributed by atoms with Crippen molar-refractivity contribution >= 4 is 28.3 Å². The summed E-state index contributed by atoms with van der Waals surface area (Å²) in [6, 6.07) is 32.9. The second-order valence-corrected chi connectivity index (χ2v) is 10.4. The third-order valence-corrected chi connectivity index (χ3v) is 7.62. The first-order chi connectivity index (χ1) is 19.5. The number of carbonyl (C=O) groups is 1. The molecule has 0 atom stereocenters. The predicted molar refractivity (Wildman–Crippen MR) is 163 cm³/mol. The van der Waals surface area contributed by atoms with Gasteiger partial charge in [-0.3, -0.25) is 0 Å². The topological polar surface area (TPSA) is 61.4 Å². The Bertz CT molecular complexity index is 1640. The number of carbonyl (C=O) groups excluding carboxylic acids is 1. The number of amides is 2. The van der Waals surface area contributed by atoms with Crippen LogP contribution in [0.25, 0.3) is 22.2 Å². The monoisotopic (exact) mass is 527 g/mol. The molecule has 1 saturated heterocycles. The number of aromatic nitrogens is 2. The number of aryl methyl sites for hydroxylation is 2. The van der Waals surface area contributed by atoms with Gasteiger partial charge in [0.2, 0.25) is 0 Å². The van der Waals surface area contributed by atoms with Gasteiger partial charge in [0.1, 0.15) is 5.82 Å². The van der Waals surface area contributed by atoms with E-state index in [0.717, 1.165) is 51.3 Å². The summed E-state index contributed by atoms with van der Waals surface area (Å²) in [5.74, 6) is 1.70. The first-order valence-electron chi connectivity index (χ1n) is 13.8. The van der Waals surface area contributed by atoms with Crippen molar-refractivity contribution in [3.8, 4) is 11.4 Å². The Morgan fingerprint density at radius 2 is 1.48 bits per heavy atom. The van der Waals surface area contributed by atoms with Gasteiger partial charge in [0.05, 0.1) is 5.69 Å². The minimum atomic E-state index is -0.0697. The SMILES string of the molecule is Cc1ccc(-c2nc(C)c(Cc3ccccc3)c(N3CCN(C(=O)Nc4cccc5ccccc45)CC3)n2)cc1. The van der Waals surface area contributed by atoms with Crippen LogP contribution in [0.2, 0.25) is 0 Å². The molecule has 4 aromatic carbocycles. The molecule has 2 heterocycles. The molecule has 1 aromatic heterocycles. The quantitative estimate of drug-likeness (QED) is 0.271. The molecule has 200 valence electrons. The molecule has 2 amide bonds. The number of piperazine rings is 1. The standard InChI is InChI=1S/C34H33N5O/c1-24-15-17-28(18-16-24)32-35-25(2)30(23-26-9-4-3-5-10-26)33(37-32)38-19-21-39(22-20-38)34(40)36-31-14-8-12-27-11-6-7-13-29(27)31/h3-18H,19-23H2,1-2H3,(H,36,40). The molecule has 6 rings (SSSR count). The minimum Gasteiger partial charge on any atom is -0.353 e. The lowest BCUT2D eigenvalue weighted by molar-refractivity contribution is 0.208. The van der Waals surface area contributed by atoms with Gasteiger partial charge in [0.25, 0.3) is 0 Å². The third-order valence-electron chi connectivity index (χ3n) is 7.62. The number of hydrogen-bond donors (Lipinski definition) is 1. The van der Waals surface area contributed by atoms with E-state index in [0.29, 0.717) is 26.2 Å². The highest BCUT2D eigenvalue weighted by Crippen LogP contribution is 2.29. The van der Waals surface area contributed by atoms with Gasteiger partial charge in [-0.2, -0.15) is 0 Å². The maximum absolute atomic E-state index is 13.3. The molecule has 1 aliphatic rings. The normalized spacial score (nSPS) is 13.4. The van der Waals surface area contributed by atoms with E-state index >= 15 is 0 Å². The van der Waals surface area contributed by atoms with Crippen LogP contribution in [0, 0.1) is 13.8 Å². The van der Waals surface area contributed by atoms with E-state index in [2.05, 4.69) is 84.7 Å². The van der Waals surface area contributed by atoms with Gasteiger partial charge >= 0.3 is 6.03 Å². The summed E-state index contributed by atoms with van der Waals surface area (Å²) >= 11 is 0. The molecule has 5 aromatic rings. The number of nitrogens with one attached hydrogen (secondary N) is 1. The number of fused-ring (bicyclic) bond motifs is 1. The Balaban J connectivity index is 1.24. The Morgan fingerprint density at radius 1 is 0.775 bits per heavy atom. The predicted octanol–water partition coefficient (Wildman–Crippen LogP) is 6.86. The maximum atomic E-state index is 13.3. The largest absolute Gasteiger partial charge is 0.353 e. The summed E-state index contributed by atoms with van der Waals surface area (Å²) in [5, 5.41) is 5.30. The van der Waals surface area contributed by atoms with Gasteiger partial charge in [-0.15, -0.1) is 0 Å². The maximum Gasteiger partial charge on any atom is 0.321 e. The third kappa shape index (κ3) is 5.38. The fourth-order valence-corrected chi connectivity index (χ4v) is 5.33. The second kappa shape index (κ2) is 11.2. The van der Waals surface area contributed by atoms with Crippen LogP contribution in [-0.4, -0.2) is 47.1 Å². The van der Waals surface area contributed by atoms with Crippen molar-refractivity contribution in [2.75, 3.05) is 36.4 Å². The average molecular weight is 528 g/mol. The minimum absolute atomic E-state index is 0.0697. The van der Waals surface area contributed by atoms with E-state index in [1.54, 1.807) is 0 Å². The van der Waals surface area contributed by atoms with Crippen molar-refractivity contribution in [1.29, 1.82) is 0 Å². The van der Waals surface area contributed by atoms with Gasteiger partial charge in [0, 0.05) is 54.8 Å². The zero-order chi connectivity index (χ0) is 27.5. The van der Waals surface area contributed by atoms with Gasteiger partial charge in [-0.25, -0.2) is 14.8 Å². The number of anilines is 2. The molecule has 40 heavy (non-hydrogen) atoms. The Kier molecular flexibility index (Phi) is 7.15. The summed E-state index contributed by atoms with van der Waals surface area (Å²) in [5.41, 5.74) is 6.40. The van der Waals surface area contributed by atoms with Crippen LogP contribution in [0.1, 0.15) is 22.4 Å². The molecule has 6 nitrogen and oxygen atoms in total. The van der Waals surface area contributed by atoms with E-state index < -0.39 is 0 Å². The van der Waals surface area contributed by atoms with Crippen molar-refractivity contribution < 1.29 is 4.79 Å². The van der Waals surface area contributed by atoms with E-state index in [4.69, 9.17) is 9.97 Å². The first-order valence-corrected chi connectivity index (χ1v) is 13.8. The molecule has 1 N–H and O–H groups in total. The number of hydrogen-bond acceptors (Lipinski definition) is 4. The van der Waals surface area contributed by atoms with Gasteiger partial charge < -0.3 is 15.1 Å². The number of nitrogens with zero attached hydrogens (tertiary/aromatic N) is 4. The molecule has 0 unspecified atom stereocenters. The van der Waals surface area contributed by atoms with Crippen LogP contribution in [-0.2, 0) is 6.42 Å². The van der Waals surface area contributed by atoms with Crippen LogP contribution in [0.5, 0.6) is 0 Å². The molecule has 0 bridgehead atoms. The second-order valence-electron chi connectivity index (χ2n) is 10.4. The Hall–Kier alpha value is -4.71. The Morgan fingerprint density at radius 3 is 2.25 bits per heavy atom. The van der Waals surface area contributed by atoms with Gasteiger partial charge in [-0.1, -0.05) is 96.6 Å². The molecule has 0 spiro atoms. The molecule has 1 fully saturated rings. The average Bonchev–Trinajstić information content (AvgIpc) is 2.99. The lowest BCUT2D eigenvalue weighted by Crippen LogP contribution is -2.50. The van der Waals surface area contributed by atoms with E-state index in [-0.39, 0.29) is 6.03 Å². The molecular weight excluding hydrogens is 494 g/mol. The van der Waals surface area contributed by atoms with Crippen molar-refractivity contribution in [2.45, 2.75) is 20.3 Å². The highest BCUT2D eigenvalue weighted by molar-refractivity contribution is 6.01. The van der Waals surface area contributed by atoms with Crippen LogP contribution < -0.4 is 10.2 Å². The van der Waals surface area contributed by atoms with Crippen molar-refractivity contribution in [2.24, 2.45) is 0 Å². The fraction of sp³-hybridized carbons (Fsp3) is 0.206. The highest BCUT2D eigenvalue weighted by Gasteiger charge is 2.26. The molecule has 6 heteroatoms. The van der Waals surface area contributed by atoms with E-state index in [1.165, 1.54) is 11.1 Å². The van der Waals surface area contributed by atoms with E-state index in [9.17, 15) is 4.79 Å². The summed E-state index contributed by atoms with van der Waals surface area (Å²) in [7, 11) is 0. The molecule has 0 radical (unpaired) electrons. The molecule has 0 aliphatic carbocycles. The van der Waals surface area contributed by atoms with Crippen LogP contribution in [0.15, 0.2) is 97.1 Å². The summed E-state index contributed by atoms with van der Waals surface area (Å²) in [6.07, 6.45) is 0.762. The van der Waals surface area contributed by atoms with E-state index in [1.807, 2.05) is 41.3 Å². The van der Waals surface area contributed by atoms with Crippen molar-refractivity contribution in [1.82, 2.24) is 14.9 Å². The zero-order valence-electron chi connectivity index (χ0n) is 23.0. The summed E-state index contributed by atoms with van der Waals surface area (Å²) < 4.78 is 0. The lowest BCUT2D eigenvalue weighted by atomic mass is 10.0. The summed E-state index contributed by atoms with van der Waals surface area (Å²) in [6.45, 7) is 6.80. The fourth-order valence-electron chi connectivity index (χ4n) is 5.33. The van der Waals surface area contributed by atoms with Gasteiger partial charge in [-0.05, 0) is 30.9 Å². The molecular formula is C34H33N5O. The van der Waals surface area contributed by atoms with Gasteiger partial charge in [0.15, 0.2) is 5.82 Å². The number of rotatable bonds is 5. The molecule has 0 saturated carbocycles. The lowest BCUT2D eigenvalue weighted by Gasteiger charge is -2.36. The summed E-state index contributed by atoms with van der Waals surface area (Å²) in [4.78, 5) is 27.5. The zero-order valence-corrected chi connectivity index (χ0v) is 23.0. The number of benzene rings is 4. The first kappa shape index (κ1) is 25.6. The smallest absolute Gasteiger partial charge is 0.321 e.